The van der Waals surface area contributed by atoms with Gasteiger partial charge in [0.25, 0.3) is 0 Å². The maximum Gasteiger partial charge on any atom is 0.491 e. The molecule has 8 aromatic rings. The fraction of sp³-hybridized carbons (Fsp3) is 0.333. The van der Waals surface area contributed by atoms with Crippen LogP contribution in [0.3, 0.4) is 0 Å². The number of halogens is 5. The van der Waals surface area contributed by atoms with Gasteiger partial charge in [-0.3, -0.25) is 9.59 Å². The molecule has 2 aromatic carbocycles. The molecule has 0 spiro atoms. The third-order valence-corrected chi connectivity index (χ3v) is 15.7. The van der Waals surface area contributed by atoms with Crippen LogP contribution in [-0.2, 0) is 9.59 Å². The second kappa shape index (κ2) is 27.7. The van der Waals surface area contributed by atoms with E-state index in [1.807, 2.05) is 84.4 Å². The van der Waals surface area contributed by atoms with E-state index in [2.05, 4.69) is 48.0 Å². The Balaban J connectivity index is 0.000000198. The van der Waals surface area contributed by atoms with Crippen LogP contribution in [0, 0.1) is 11.6 Å². The molecule has 0 radical (unpaired) electrons. The van der Waals surface area contributed by atoms with Gasteiger partial charge in [-0.05, 0) is 68.2 Å². The van der Waals surface area contributed by atoms with Crippen molar-refractivity contribution in [2.45, 2.75) is 65.5 Å². The fourth-order valence-corrected chi connectivity index (χ4v) is 11.0. The van der Waals surface area contributed by atoms with Gasteiger partial charge in [-0.25, -0.2) is 57.4 Å². The molecular weight excluding hydrogens is 1200 g/mol. The van der Waals surface area contributed by atoms with Crippen LogP contribution in [0.25, 0.3) is 44.7 Å². The summed E-state index contributed by atoms with van der Waals surface area (Å²) in [5.74, 6) is 0.397. The topological polar surface area (TPSA) is 241 Å². The number of aromatic nitrogens is 10. The molecular formula is C60H66BCl3F2N16O6. The molecule has 2 atom stereocenters. The highest BCUT2D eigenvalue weighted by Gasteiger charge is 2.34. The maximum atomic E-state index is 15.0. The normalized spacial score (nSPS) is 15.0. The van der Waals surface area contributed by atoms with Gasteiger partial charge in [-0.1, -0.05) is 106 Å². The van der Waals surface area contributed by atoms with Crippen LogP contribution in [0.15, 0.2) is 108 Å². The summed E-state index contributed by atoms with van der Waals surface area (Å²) in [6, 6.07) is 14.8. The highest BCUT2D eigenvalue weighted by atomic mass is 35.5. The first kappa shape index (κ1) is 65.5. The van der Waals surface area contributed by atoms with Crippen molar-refractivity contribution >= 4 is 105 Å². The lowest BCUT2D eigenvalue weighted by molar-refractivity contribution is -0.127. The van der Waals surface area contributed by atoms with E-state index < -0.39 is 30.1 Å². The first-order valence-corrected chi connectivity index (χ1v) is 29.1. The Morgan fingerprint density at radius 1 is 0.636 bits per heavy atom. The summed E-state index contributed by atoms with van der Waals surface area (Å²) in [7, 11) is 5.61. The van der Waals surface area contributed by atoms with Crippen LogP contribution in [0.2, 0.25) is 15.2 Å². The second-order valence-corrected chi connectivity index (χ2v) is 23.0. The molecule has 2 saturated heterocycles. The number of carbonyl (C=O) groups is 2. The fourth-order valence-electron chi connectivity index (χ4n) is 10.5. The van der Waals surface area contributed by atoms with E-state index in [-0.39, 0.29) is 73.3 Å². The van der Waals surface area contributed by atoms with E-state index in [1.54, 1.807) is 45.0 Å². The summed E-state index contributed by atoms with van der Waals surface area (Å²) in [6.45, 7) is 21.7. The number of piperazine rings is 2. The van der Waals surface area contributed by atoms with Gasteiger partial charge in [0.2, 0.25) is 11.8 Å². The van der Waals surface area contributed by atoms with Gasteiger partial charge in [0.1, 0.15) is 52.5 Å². The lowest BCUT2D eigenvalue weighted by Gasteiger charge is -2.40. The molecule has 10 rings (SSSR count). The number of benzene rings is 2. The molecule has 2 N–H and O–H groups in total. The predicted molar refractivity (Wildman–Crippen MR) is 342 cm³/mol. The lowest BCUT2D eigenvalue weighted by atomic mass is 9.80. The van der Waals surface area contributed by atoms with Crippen molar-refractivity contribution in [1.82, 2.24) is 58.8 Å². The highest BCUT2D eigenvalue weighted by Crippen LogP contribution is 2.39. The van der Waals surface area contributed by atoms with Crippen LogP contribution in [0.4, 0.5) is 32.1 Å². The van der Waals surface area contributed by atoms with Crippen LogP contribution >= 0.6 is 34.8 Å². The van der Waals surface area contributed by atoms with E-state index in [0.717, 1.165) is 0 Å². The van der Waals surface area contributed by atoms with Crippen molar-refractivity contribution in [1.29, 1.82) is 0 Å². The molecule has 22 nitrogen and oxygen atoms in total. The van der Waals surface area contributed by atoms with Crippen molar-refractivity contribution < 1.29 is 28.4 Å². The summed E-state index contributed by atoms with van der Waals surface area (Å²) < 4.78 is 30.3. The molecule has 28 heteroatoms. The Morgan fingerprint density at radius 2 is 1.07 bits per heavy atom. The second-order valence-electron chi connectivity index (χ2n) is 21.8. The van der Waals surface area contributed by atoms with Crippen LogP contribution in [0.5, 0.6) is 0 Å². The molecule has 2 aliphatic heterocycles. The summed E-state index contributed by atoms with van der Waals surface area (Å²) in [5.41, 5.74) is 1.93. The van der Waals surface area contributed by atoms with E-state index in [4.69, 9.17) is 49.8 Å². The Hall–Kier alpha value is -8.49. The number of fused-ring (bicyclic) bond motifs is 2. The van der Waals surface area contributed by atoms with Crippen LogP contribution in [0.1, 0.15) is 64.8 Å². The average molecular weight is 1260 g/mol. The van der Waals surface area contributed by atoms with Crippen molar-refractivity contribution in [3.05, 3.63) is 158 Å². The molecule has 0 saturated carbocycles. The zero-order valence-electron chi connectivity index (χ0n) is 50.2. The van der Waals surface area contributed by atoms with Gasteiger partial charge in [0.05, 0.1) is 37.9 Å². The maximum absolute atomic E-state index is 15.0. The molecule has 0 aliphatic carbocycles. The van der Waals surface area contributed by atoms with Gasteiger partial charge >= 0.3 is 18.5 Å². The van der Waals surface area contributed by atoms with Gasteiger partial charge in [-0.15, -0.1) is 0 Å². The smallest absolute Gasteiger partial charge is 0.423 e. The summed E-state index contributed by atoms with van der Waals surface area (Å²) in [4.78, 5) is 99.6. The standard InChI is InChI=1S/C30H32ClFN8O2.C24H28Cl2N8O2.C6H6BFO2/c1-7-23(41)38-12-13-39(18(4)15-38)27-20-14-21(31)25(19-10-8-9-11-22(19)32)35-28(20)40(30(42)36-27)26-24(17(2)3)33-16-34-29(26)37(5)6;1-7-17(35)32-8-9-33(14(4)11-32)21-15-10-16(25)20(26)29-22(15)34(24(36)30-21)19-18(13(2)3)27-12-28-23(19)31(5)6;8-6-4-2-1-3-5(6)7(9)10/h7-11,14,16-18H,1,12-13,15H2,2-6H3;7,10,12-14H,1,8-9,11H2,2-6H3;1-4,9-10H/t18-;14-;/m00./s1. The number of hydrogen-bond acceptors (Lipinski definition) is 18. The minimum absolute atomic E-state index is 0.0124. The largest absolute Gasteiger partial charge is 0.491 e. The summed E-state index contributed by atoms with van der Waals surface area (Å²) in [6.07, 6.45) is 5.54. The Bertz CT molecular complexity index is 4050. The lowest BCUT2D eigenvalue weighted by Crippen LogP contribution is -2.54. The molecule has 2 fully saturated rings. The number of anilines is 4. The summed E-state index contributed by atoms with van der Waals surface area (Å²) >= 11 is 19.5. The Kier molecular flexibility index (Phi) is 20.6. The first-order valence-electron chi connectivity index (χ1n) is 28.0. The van der Waals surface area contributed by atoms with Gasteiger partial charge in [0, 0.05) is 90.6 Å². The van der Waals surface area contributed by atoms with Crippen LogP contribution < -0.4 is 36.4 Å². The van der Waals surface area contributed by atoms with Crippen molar-refractivity contribution in [3.63, 3.8) is 0 Å². The van der Waals surface area contributed by atoms with E-state index in [1.165, 1.54) is 64.3 Å². The van der Waals surface area contributed by atoms with E-state index >= 15 is 0 Å². The average Bonchev–Trinajstić information content (AvgIpc) is 0.772. The minimum Gasteiger partial charge on any atom is -0.423 e. The molecule has 2 aliphatic rings. The van der Waals surface area contributed by atoms with Crippen molar-refractivity contribution in [2.24, 2.45) is 0 Å². The Labute approximate surface area is 522 Å². The minimum atomic E-state index is -1.72. The predicted octanol–water partition coefficient (Wildman–Crippen LogP) is 7.24. The molecule has 88 heavy (non-hydrogen) atoms. The number of nitrogens with zero attached hydrogens (tertiary/aromatic N) is 16. The van der Waals surface area contributed by atoms with Crippen molar-refractivity contribution in [3.8, 4) is 22.6 Å². The SMILES string of the molecule is C=CC(=O)N1CCN(c2nc(=O)n(-c3c(C(C)C)ncnc3N(C)C)c3nc(-c4ccccc4F)c(Cl)cc23)[C@@H](C)C1.C=CC(=O)N1CCN(c2nc(=O)n(-c3c(C(C)C)ncnc3N(C)C)c3nc(Cl)c(Cl)cc23)[C@@H](C)C1.OB(O)c1ccccc1F. The van der Waals surface area contributed by atoms with Gasteiger partial charge < -0.3 is 39.4 Å². The number of amides is 2. The van der Waals surface area contributed by atoms with Gasteiger partial charge in [-0.2, -0.15) is 9.97 Å². The first-order chi connectivity index (χ1) is 41.8. The third-order valence-electron chi connectivity index (χ3n) is 14.7. The monoisotopic (exact) mass is 1260 g/mol. The Morgan fingerprint density at radius 3 is 1.47 bits per heavy atom. The molecule has 8 heterocycles. The third kappa shape index (κ3) is 13.5. The molecule has 6 aromatic heterocycles. The number of rotatable bonds is 12. The van der Waals surface area contributed by atoms with Crippen molar-refractivity contribution in [2.75, 3.05) is 87.1 Å². The van der Waals surface area contributed by atoms with Gasteiger partial charge in [0.15, 0.2) is 22.9 Å². The zero-order chi connectivity index (χ0) is 64.2. The van der Waals surface area contributed by atoms with E-state index in [9.17, 15) is 28.0 Å². The molecule has 2 amide bonds. The van der Waals surface area contributed by atoms with Crippen LogP contribution in [-0.4, -0.2) is 167 Å². The molecule has 460 valence electrons. The quantitative estimate of drug-likeness (QED) is 0.0696. The molecule has 0 unspecified atom stereocenters. The number of pyridine rings is 2. The number of hydrogen-bond donors (Lipinski definition) is 2. The highest BCUT2D eigenvalue weighted by molar-refractivity contribution is 6.58. The summed E-state index contributed by atoms with van der Waals surface area (Å²) in [5, 5.41) is 18.6. The van der Waals surface area contributed by atoms with E-state index in [0.29, 0.717) is 102 Å². The number of carbonyl (C=O) groups excluding carboxylic acids is 2. The zero-order valence-corrected chi connectivity index (χ0v) is 52.5. The molecule has 0 bridgehead atoms.